The van der Waals surface area contributed by atoms with E-state index >= 15 is 0 Å². The third-order valence-corrected chi connectivity index (χ3v) is 4.08. The van der Waals surface area contributed by atoms with Crippen molar-refractivity contribution in [3.8, 4) is 0 Å². The summed E-state index contributed by atoms with van der Waals surface area (Å²) in [5.74, 6) is 0.695. The summed E-state index contributed by atoms with van der Waals surface area (Å²) >= 11 is 0. The monoisotopic (exact) mass is 270 g/mol. The van der Waals surface area contributed by atoms with Crippen LogP contribution in [0.15, 0.2) is 36.8 Å². The first kappa shape index (κ1) is 14.8. The van der Waals surface area contributed by atoms with Gasteiger partial charge in [-0.1, -0.05) is 57.4 Å². The summed E-state index contributed by atoms with van der Waals surface area (Å²) in [5.41, 5.74) is 4.17. The molecule has 108 valence electrons. The van der Waals surface area contributed by atoms with E-state index in [0.717, 1.165) is 6.42 Å². The number of nitrogens with one attached hydrogen (secondary N) is 1. The highest BCUT2D eigenvalue weighted by molar-refractivity contribution is 5.33. The van der Waals surface area contributed by atoms with Crippen molar-refractivity contribution in [1.82, 2.24) is 9.97 Å². The number of imidazole rings is 1. The molecule has 1 aromatic carbocycles. The Bertz CT molecular complexity index is 488. The van der Waals surface area contributed by atoms with E-state index in [9.17, 15) is 0 Å². The Labute approximate surface area is 122 Å². The van der Waals surface area contributed by atoms with E-state index in [1.54, 1.807) is 6.33 Å². The zero-order valence-electron chi connectivity index (χ0n) is 12.7. The minimum Gasteiger partial charge on any atom is -0.348 e. The Morgan fingerprint density at radius 2 is 2.00 bits per heavy atom. The molecule has 0 radical (unpaired) electrons. The van der Waals surface area contributed by atoms with E-state index in [1.807, 2.05) is 6.20 Å². The molecule has 1 heterocycles. The molecule has 0 spiro atoms. The van der Waals surface area contributed by atoms with Crippen LogP contribution in [0, 0.1) is 0 Å². The lowest BCUT2D eigenvalue weighted by Crippen LogP contribution is -2.03. The number of aromatic nitrogens is 2. The highest BCUT2D eigenvalue weighted by Crippen LogP contribution is 2.29. The standard InChI is InChI=1S/C18H26N2/c1-3-5-6-9-15(4-2)18-11-8-7-10-16(18)12-17-13-19-14-20-17/h7-8,10-11,13-15H,3-6,9,12H2,1-2H3,(H,19,20). The quantitative estimate of drug-likeness (QED) is 0.666. The van der Waals surface area contributed by atoms with Gasteiger partial charge in [0, 0.05) is 18.3 Å². The van der Waals surface area contributed by atoms with E-state index < -0.39 is 0 Å². The Kier molecular flexibility index (Phi) is 5.85. The summed E-state index contributed by atoms with van der Waals surface area (Å²) in [6, 6.07) is 8.90. The third kappa shape index (κ3) is 3.96. The maximum Gasteiger partial charge on any atom is 0.0921 e. The molecule has 0 fully saturated rings. The van der Waals surface area contributed by atoms with Gasteiger partial charge >= 0.3 is 0 Å². The van der Waals surface area contributed by atoms with Crippen LogP contribution in [0.4, 0.5) is 0 Å². The van der Waals surface area contributed by atoms with Crippen LogP contribution >= 0.6 is 0 Å². The molecule has 0 saturated heterocycles. The van der Waals surface area contributed by atoms with Crippen molar-refractivity contribution in [3.63, 3.8) is 0 Å². The van der Waals surface area contributed by atoms with Crippen molar-refractivity contribution in [3.05, 3.63) is 53.6 Å². The van der Waals surface area contributed by atoms with E-state index in [2.05, 4.69) is 48.1 Å². The molecule has 2 aromatic rings. The van der Waals surface area contributed by atoms with Crippen molar-refractivity contribution in [2.45, 2.75) is 58.3 Å². The lowest BCUT2D eigenvalue weighted by molar-refractivity contribution is 0.550. The van der Waals surface area contributed by atoms with E-state index in [0.29, 0.717) is 5.92 Å². The van der Waals surface area contributed by atoms with Gasteiger partial charge in [0.15, 0.2) is 0 Å². The number of hydrogen-bond acceptors (Lipinski definition) is 1. The topological polar surface area (TPSA) is 28.7 Å². The number of rotatable bonds is 8. The van der Waals surface area contributed by atoms with Crippen molar-refractivity contribution in [2.24, 2.45) is 0 Å². The van der Waals surface area contributed by atoms with Gasteiger partial charge in [0.2, 0.25) is 0 Å². The first-order valence-corrected chi connectivity index (χ1v) is 7.90. The largest absolute Gasteiger partial charge is 0.348 e. The zero-order chi connectivity index (χ0) is 14.2. The van der Waals surface area contributed by atoms with Gasteiger partial charge in [-0.3, -0.25) is 0 Å². The predicted octanol–water partition coefficient (Wildman–Crippen LogP) is 5.07. The van der Waals surface area contributed by atoms with E-state index in [4.69, 9.17) is 0 Å². The maximum atomic E-state index is 4.12. The second-order valence-corrected chi connectivity index (χ2v) is 5.55. The molecule has 1 aromatic heterocycles. The summed E-state index contributed by atoms with van der Waals surface area (Å²) in [7, 11) is 0. The van der Waals surface area contributed by atoms with Crippen LogP contribution in [0.5, 0.6) is 0 Å². The Hall–Kier alpha value is -1.57. The zero-order valence-corrected chi connectivity index (χ0v) is 12.7. The SMILES string of the molecule is CCCCCC(CC)c1ccccc1Cc1cnc[nH]1. The van der Waals surface area contributed by atoms with Gasteiger partial charge < -0.3 is 4.98 Å². The number of H-pyrrole nitrogens is 1. The van der Waals surface area contributed by atoms with Crippen LogP contribution in [-0.2, 0) is 6.42 Å². The summed E-state index contributed by atoms with van der Waals surface area (Å²) in [4.78, 5) is 7.33. The van der Waals surface area contributed by atoms with Crippen molar-refractivity contribution < 1.29 is 0 Å². The fraction of sp³-hybridized carbons (Fsp3) is 0.500. The van der Waals surface area contributed by atoms with Crippen LogP contribution in [0.1, 0.15) is 68.7 Å². The number of unbranched alkanes of at least 4 members (excludes halogenated alkanes) is 2. The van der Waals surface area contributed by atoms with Crippen LogP contribution in [0.25, 0.3) is 0 Å². The second kappa shape index (κ2) is 7.88. The average Bonchev–Trinajstić information content (AvgIpc) is 2.98. The van der Waals surface area contributed by atoms with Crippen LogP contribution in [0.2, 0.25) is 0 Å². The molecule has 0 aliphatic heterocycles. The van der Waals surface area contributed by atoms with Gasteiger partial charge in [-0.15, -0.1) is 0 Å². The molecule has 0 amide bonds. The molecule has 2 heteroatoms. The summed E-state index contributed by atoms with van der Waals surface area (Å²) in [6.45, 7) is 4.58. The maximum absolute atomic E-state index is 4.12. The summed E-state index contributed by atoms with van der Waals surface area (Å²) in [6.07, 6.45) is 11.2. The fourth-order valence-electron chi connectivity index (χ4n) is 2.90. The molecule has 0 aliphatic rings. The number of hydrogen-bond donors (Lipinski definition) is 1. The molecule has 2 nitrogen and oxygen atoms in total. The summed E-state index contributed by atoms with van der Waals surface area (Å²) in [5, 5.41) is 0. The minimum atomic E-state index is 0.695. The van der Waals surface area contributed by atoms with Gasteiger partial charge in [0.05, 0.1) is 6.33 Å². The number of aromatic amines is 1. The summed E-state index contributed by atoms with van der Waals surface area (Å²) < 4.78 is 0. The van der Waals surface area contributed by atoms with E-state index in [-0.39, 0.29) is 0 Å². The molecule has 1 atom stereocenters. The van der Waals surface area contributed by atoms with Crippen LogP contribution < -0.4 is 0 Å². The third-order valence-electron chi connectivity index (χ3n) is 4.08. The molecule has 20 heavy (non-hydrogen) atoms. The Morgan fingerprint density at radius 1 is 1.15 bits per heavy atom. The average molecular weight is 270 g/mol. The Balaban J connectivity index is 2.12. The van der Waals surface area contributed by atoms with Crippen LogP contribution in [-0.4, -0.2) is 9.97 Å². The van der Waals surface area contributed by atoms with Gasteiger partial charge in [0.1, 0.15) is 0 Å². The fourth-order valence-corrected chi connectivity index (χ4v) is 2.90. The van der Waals surface area contributed by atoms with Crippen molar-refractivity contribution in [1.29, 1.82) is 0 Å². The molecule has 1 unspecified atom stereocenters. The number of nitrogens with zero attached hydrogens (tertiary/aromatic N) is 1. The number of benzene rings is 1. The lowest BCUT2D eigenvalue weighted by Gasteiger charge is -2.19. The highest BCUT2D eigenvalue weighted by atomic mass is 14.9. The lowest BCUT2D eigenvalue weighted by atomic mass is 9.86. The molecule has 1 N–H and O–H groups in total. The Morgan fingerprint density at radius 3 is 2.70 bits per heavy atom. The molecular formula is C18H26N2. The van der Waals surface area contributed by atoms with Crippen molar-refractivity contribution >= 4 is 0 Å². The van der Waals surface area contributed by atoms with Gasteiger partial charge in [-0.25, -0.2) is 4.98 Å². The smallest absolute Gasteiger partial charge is 0.0921 e. The van der Waals surface area contributed by atoms with Crippen LogP contribution in [0.3, 0.4) is 0 Å². The molecule has 0 aliphatic carbocycles. The van der Waals surface area contributed by atoms with Gasteiger partial charge in [-0.05, 0) is 29.9 Å². The molecule has 0 saturated carbocycles. The normalized spacial score (nSPS) is 12.5. The van der Waals surface area contributed by atoms with Gasteiger partial charge in [-0.2, -0.15) is 0 Å². The van der Waals surface area contributed by atoms with Gasteiger partial charge in [0.25, 0.3) is 0 Å². The second-order valence-electron chi connectivity index (χ2n) is 5.55. The predicted molar refractivity (Wildman–Crippen MR) is 85.0 cm³/mol. The minimum absolute atomic E-state index is 0.695. The van der Waals surface area contributed by atoms with E-state index in [1.165, 1.54) is 48.9 Å². The molecule has 2 rings (SSSR count). The first-order valence-electron chi connectivity index (χ1n) is 7.90. The molecular weight excluding hydrogens is 244 g/mol. The molecule has 0 bridgehead atoms. The van der Waals surface area contributed by atoms with Crippen molar-refractivity contribution in [2.75, 3.05) is 0 Å². The highest BCUT2D eigenvalue weighted by Gasteiger charge is 2.13. The first-order chi connectivity index (χ1) is 9.85.